The van der Waals surface area contributed by atoms with Gasteiger partial charge in [-0.25, -0.2) is 9.59 Å². The molecular formula is C13H18F4O6. The summed E-state index contributed by atoms with van der Waals surface area (Å²) in [5, 5.41) is 0. The monoisotopic (exact) mass is 346 g/mol. The Hall–Kier alpha value is -1.87. The second-order valence-corrected chi connectivity index (χ2v) is 4.69. The van der Waals surface area contributed by atoms with Gasteiger partial charge < -0.3 is 14.2 Å². The summed E-state index contributed by atoms with van der Waals surface area (Å²) in [6, 6.07) is 0. The van der Waals surface area contributed by atoms with E-state index in [0.717, 1.165) is 0 Å². The van der Waals surface area contributed by atoms with Crippen LogP contribution in [0, 0.1) is 5.92 Å². The number of halogens is 4. The minimum atomic E-state index is -4.60. The van der Waals surface area contributed by atoms with Crippen LogP contribution in [-0.4, -0.2) is 50.1 Å². The van der Waals surface area contributed by atoms with Gasteiger partial charge in [-0.1, -0.05) is 13.8 Å². The number of rotatable bonds is 9. The first-order valence-corrected chi connectivity index (χ1v) is 6.65. The van der Waals surface area contributed by atoms with Gasteiger partial charge >= 0.3 is 29.8 Å². The SMILES string of the molecule is CCC(C)C(=O)OCCOC(=O)C(F)(F)CC(F)(F)C(=O)OC. The fourth-order valence-corrected chi connectivity index (χ4v) is 1.26. The minimum Gasteiger partial charge on any atom is -0.465 e. The number of hydrogen-bond acceptors (Lipinski definition) is 6. The van der Waals surface area contributed by atoms with Crippen molar-refractivity contribution in [1.82, 2.24) is 0 Å². The van der Waals surface area contributed by atoms with Crippen molar-refractivity contribution in [2.24, 2.45) is 5.92 Å². The van der Waals surface area contributed by atoms with E-state index in [0.29, 0.717) is 13.5 Å². The number of esters is 3. The van der Waals surface area contributed by atoms with Gasteiger partial charge in [0, 0.05) is 0 Å². The summed E-state index contributed by atoms with van der Waals surface area (Å²) in [6.45, 7) is 2.10. The highest BCUT2D eigenvalue weighted by Gasteiger charge is 2.54. The summed E-state index contributed by atoms with van der Waals surface area (Å²) >= 11 is 0. The Balaban J connectivity index is 4.38. The zero-order valence-electron chi connectivity index (χ0n) is 12.9. The van der Waals surface area contributed by atoms with Crippen molar-refractivity contribution >= 4 is 17.9 Å². The summed E-state index contributed by atoms with van der Waals surface area (Å²) in [7, 11) is 0.596. The minimum absolute atomic E-state index is 0.411. The lowest BCUT2D eigenvalue weighted by atomic mass is 10.1. The molecule has 134 valence electrons. The standard InChI is InChI=1S/C13H18F4O6/c1-4-8(2)9(18)22-5-6-23-11(20)13(16,17)7-12(14,15)10(19)21-3/h8H,4-7H2,1-3H3. The molecule has 0 bridgehead atoms. The van der Waals surface area contributed by atoms with Crippen LogP contribution in [0.2, 0.25) is 0 Å². The number of ether oxygens (including phenoxy) is 3. The van der Waals surface area contributed by atoms with E-state index in [2.05, 4.69) is 14.2 Å². The zero-order valence-corrected chi connectivity index (χ0v) is 12.9. The fourth-order valence-electron chi connectivity index (χ4n) is 1.26. The zero-order chi connectivity index (χ0) is 18.3. The largest absolute Gasteiger partial charge is 0.465 e. The molecule has 0 amide bonds. The molecule has 10 heteroatoms. The van der Waals surface area contributed by atoms with Gasteiger partial charge in [0.15, 0.2) is 0 Å². The lowest BCUT2D eigenvalue weighted by Gasteiger charge is -2.20. The van der Waals surface area contributed by atoms with E-state index in [1.54, 1.807) is 13.8 Å². The summed E-state index contributed by atoms with van der Waals surface area (Å²) in [4.78, 5) is 33.0. The molecule has 0 radical (unpaired) electrons. The molecule has 0 fully saturated rings. The van der Waals surface area contributed by atoms with Crippen LogP contribution in [0.25, 0.3) is 0 Å². The fraction of sp³-hybridized carbons (Fsp3) is 0.769. The van der Waals surface area contributed by atoms with Crippen LogP contribution in [0.3, 0.4) is 0 Å². The number of alkyl halides is 4. The van der Waals surface area contributed by atoms with Crippen LogP contribution in [-0.2, 0) is 28.6 Å². The van der Waals surface area contributed by atoms with Crippen molar-refractivity contribution in [2.75, 3.05) is 20.3 Å². The third-order valence-electron chi connectivity index (χ3n) is 2.80. The van der Waals surface area contributed by atoms with E-state index in [-0.39, 0.29) is 0 Å². The Morgan fingerprint density at radius 1 is 0.957 bits per heavy atom. The lowest BCUT2D eigenvalue weighted by Crippen LogP contribution is -2.42. The van der Waals surface area contributed by atoms with Crippen molar-refractivity contribution in [3.8, 4) is 0 Å². The average Bonchev–Trinajstić information content (AvgIpc) is 2.47. The highest BCUT2D eigenvalue weighted by atomic mass is 19.3. The third-order valence-corrected chi connectivity index (χ3v) is 2.80. The van der Waals surface area contributed by atoms with Crippen LogP contribution in [0.15, 0.2) is 0 Å². The Morgan fingerprint density at radius 2 is 1.43 bits per heavy atom. The van der Waals surface area contributed by atoms with Gasteiger partial charge in [-0.2, -0.15) is 17.6 Å². The van der Waals surface area contributed by atoms with Crippen molar-refractivity contribution in [3.05, 3.63) is 0 Å². The summed E-state index contributed by atoms with van der Waals surface area (Å²) in [5.41, 5.74) is 0. The molecule has 0 aromatic heterocycles. The van der Waals surface area contributed by atoms with E-state index >= 15 is 0 Å². The average molecular weight is 346 g/mol. The van der Waals surface area contributed by atoms with E-state index in [1.165, 1.54) is 0 Å². The molecule has 0 saturated carbocycles. The number of carbonyl (C=O) groups is 3. The van der Waals surface area contributed by atoms with Crippen LogP contribution < -0.4 is 0 Å². The lowest BCUT2D eigenvalue weighted by molar-refractivity contribution is -0.196. The normalized spacial score (nSPS) is 13.2. The van der Waals surface area contributed by atoms with Gasteiger partial charge in [0.05, 0.1) is 19.4 Å². The van der Waals surface area contributed by atoms with Gasteiger partial charge in [0.1, 0.15) is 13.2 Å². The molecule has 0 aromatic rings. The predicted octanol–water partition coefficient (Wildman–Crippen LogP) is 1.95. The molecule has 0 heterocycles. The molecule has 1 atom stereocenters. The molecule has 23 heavy (non-hydrogen) atoms. The van der Waals surface area contributed by atoms with E-state index in [1.807, 2.05) is 0 Å². The molecule has 0 spiro atoms. The highest BCUT2D eigenvalue weighted by molar-refractivity contribution is 5.82. The van der Waals surface area contributed by atoms with Crippen molar-refractivity contribution < 1.29 is 46.2 Å². The van der Waals surface area contributed by atoms with Gasteiger partial charge in [-0.15, -0.1) is 0 Å². The number of methoxy groups -OCH3 is 1. The van der Waals surface area contributed by atoms with Gasteiger partial charge in [0.25, 0.3) is 0 Å². The van der Waals surface area contributed by atoms with Gasteiger partial charge in [-0.05, 0) is 6.42 Å². The second-order valence-electron chi connectivity index (χ2n) is 4.69. The summed E-state index contributed by atoms with van der Waals surface area (Å²) in [6.07, 6.45) is -1.88. The highest BCUT2D eigenvalue weighted by Crippen LogP contribution is 2.32. The Kier molecular flexibility index (Phi) is 7.98. The quantitative estimate of drug-likeness (QED) is 0.275. The van der Waals surface area contributed by atoms with Crippen LogP contribution in [0.5, 0.6) is 0 Å². The molecule has 0 aliphatic carbocycles. The predicted molar refractivity (Wildman–Crippen MR) is 67.9 cm³/mol. The molecular weight excluding hydrogens is 328 g/mol. The molecule has 0 aliphatic rings. The molecule has 0 saturated heterocycles. The molecule has 0 N–H and O–H groups in total. The first-order valence-electron chi connectivity index (χ1n) is 6.65. The number of carbonyl (C=O) groups excluding carboxylic acids is 3. The molecule has 0 rings (SSSR count). The van der Waals surface area contributed by atoms with Crippen molar-refractivity contribution in [2.45, 2.75) is 38.5 Å². The smallest absolute Gasteiger partial charge is 0.377 e. The maximum Gasteiger partial charge on any atom is 0.377 e. The Labute approximate surface area is 130 Å². The molecule has 0 aromatic carbocycles. The van der Waals surface area contributed by atoms with Crippen LogP contribution in [0.4, 0.5) is 17.6 Å². The maximum atomic E-state index is 13.3. The molecule has 6 nitrogen and oxygen atoms in total. The van der Waals surface area contributed by atoms with Crippen molar-refractivity contribution in [1.29, 1.82) is 0 Å². The first-order chi connectivity index (χ1) is 10.5. The van der Waals surface area contributed by atoms with Crippen molar-refractivity contribution in [3.63, 3.8) is 0 Å². The van der Waals surface area contributed by atoms with Gasteiger partial charge in [-0.3, -0.25) is 4.79 Å². The summed E-state index contributed by atoms with van der Waals surface area (Å²) < 4.78 is 65.1. The van der Waals surface area contributed by atoms with Crippen LogP contribution in [0.1, 0.15) is 26.7 Å². The maximum absolute atomic E-state index is 13.3. The topological polar surface area (TPSA) is 78.9 Å². The molecule has 0 aliphatic heterocycles. The van der Waals surface area contributed by atoms with E-state index in [9.17, 15) is 31.9 Å². The first kappa shape index (κ1) is 21.1. The Bertz CT molecular complexity index is 438. The van der Waals surface area contributed by atoms with Gasteiger partial charge in [0.2, 0.25) is 0 Å². The summed E-state index contributed by atoms with van der Waals surface area (Å²) in [5.74, 6) is -14.6. The molecule has 1 unspecified atom stereocenters. The van der Waals surface area contributed by atoms with E-state index in [4.69, 9.17) is 0 Å². The van der Waals surface area contributed by atoms with Crippen LogP contribution >= 0.6 is 0 Å². The number of hydrogen-bond donors (Lipinski definition) is 0. The Morgan fingerprint density at radius 3 is 1.91 bits per heavy atom. The van der Waals surface area contributed by atoms with E-state index < -0.39 is 55.3 Å². The second kappa shape index (κ2) is 8.68. The third kappa shape index (κ3) is 6.83.